The highest BCUT2D eigenvalue weighted by Crippen LogP contribution is 2.49. The highest BCUT2D eigenvalue weighted by Gasteiger charge is 2.50. The number of imide groups is 1. The number of carbonyl (C=O) groups excluding carboxylic acids is 2. The van der Waals surface area contributed by atoms with Crippen molar-refractivity contribution >= 4 is 23.2 Å². The average molecular weight is 553 g/mol. The fraction of sp³-hybridized carbons (Fsp3) is 0.286. The summed E-state index contributed by atoms with van der Waals surface area (Å²) in [5.41, 5.74) is -1.94. The molecule has 3 aliphatic rings. The summed E-state index contributed by atoms with van der Waals surface area (Å²) in [6.45, 7) is 0.894. The lowest BCUT2D eigenvalue weighted by atomic mass is 10.0. The third kappa shape index (κ3) is 4.24. The fourth-order valence-electron chi connectivity index (χ4n) is 6.00. The second-order valence-electron chi connectivity index (χ2n) is 9.91. The monoisotopic (exact) mass is 552 g/mol. The summed E-state index contributed by atoms with van der Waals surface area (Å²) < 4.78 is 49.4. The fourth-order valence-corrected chi connectivity index (χ4v) is 6.00. The normalized spacial score (nSPS) is 21.0. The first-order valence-corrected chi connectivity index (χ1v) is 12.7. The molecule has 3 heterocycles. The number of amides is 2. The van der Waals surface area contributed by atoms with Crippen LogP contribution in [-0.4, -0.2) is 64.8 Å². The molecule has 2 atom stereocenters. The molecular weight excluding hydrogens is 529 g/mol. The van der Waals surface area contributed by atoms with E-state index in [0.717, 1.165) is 12.1 Å². The highest BCUT2D eigenvalue weighted by atomic mass is 19.4. The van der Waals surface area contributed by atoms with Crippen LogP contribution < -0.4 is 9.64 Å². The number of nitro benzene ring substituents is 1. The van der Waals surface area contributed by atoms with E-state index in [-0.39, 0.29) is 18.8 Å². The lowest BCUT2D eigenvalue weighted by Gasteiger charge is -2.42. The summed E-state index contributed by atoms with van der Waals surface area (Å²) in [5.74, 6) is -1.28. The zero-order valence-electron chi connectivity index (χ0n) is 21.0. The van der Waals surface area contributed by atoms with Crippen molar-refractivity contribution in [2.24, 2.45) is 0 Å². The van der Waals surface area contributed by atoms with E-state index < -0.39 is 57.7 Å². The van der Waals surface area contributed by atoms with Gasteiger partial charge in [-0.05, 0) is 36.8 Å². The highest BCUT2D eigenvalue weighted by molar-refractivity contribution is 6.21. The molecule has 0 bridgehead atoms. The second kappa shape index (κ2) is 9.63. The molecule has 0 spiro atoms. The Kier molecular flexibility index (Phi) is 6.21. The molecule has 2 amide bonds. The number of anilines is 1. The minimum absolute atomic E-state index is 0.0449. The maximum absolute atomic E-state index is 14.6. The van der Waals surface area contributed by atoms with Gasteiger partial charge in [0.15, 0.2) is 0 Å². The molecule has 3 aromatic rings. The number of rotatable bonds is 5. The maximum atomic E-state index is 14.6. The third-order valence-electron chi connectivity index (χ3n) is 7.73. The molecule has 12 heteroatoms. The number of piperazine rings is 1. The van der Waals surface area contributed by atoms with Gasteiger partial charge in [0.05, 0.1) is 22.1 Å². The zero-order valence-corrected chi connectivity index (χ0v) is 21.0. The van der Waals surface area contributed by atoms with Gasteiger partial charge < -0.3 is 9.64 Å². The van der Waals surface area contributed by atoms with Gasteiger partial charge in [-0.25, -0.2) is 0 Å². The third-order valence-corrected chi connectivity index (χ3v) is 7.73. The summed E-state index contributed by atoms with van der Waals surface area (Å²) in [5, 5.41) is 12.0. The molecule has 6 rings (SSSR count). The molecule has 2 fully saturated rings. The Balaban J connectivity index is 1.39. The van der Waals surface area contributed by atoms with Crippen LogP contribution in [0.3, 0.4) is 0 Å². The summed E-state index contributed by atoms with van der Waals surface area (Å²) in [6.07, 6.45) is -4.52. The van der Waals surface area contributed by atoms with Crippen molar-refractivity contribution in [2.45, 2.75) is 24.7 Å². The summed E-state index contributed by atoms with van der Waals surface area (Å²) in [6, 6.07) is 15.2. The molecule has 0 aromatic heterocycles. The molecule has 3 aliphatic heterocycles. The molecule has 3 aromatic carbocycles. The Morgan fingerprint density at radius 1 is 0.850 bits per heavy atom. The van der Waals surface area contributed by atoms with E-state index in [1.165, 1.54) is 21.9 Å². The van der Waals surface area contributed by atoms with E-state index >= 15 is 0 Å². The van der Waals surface area contributed by atoms with Gasteiger partial charge >= 0.3 is 6.18 Å². The van der Waals surface area contributed by atoms with E-state index in [9.17, 15) is 32.9 Å². The Bertz CT molecular complexity index is 1480. The molecule has 0 unspecified atom stereocenters. The van der Waals surface area contributed by atoms with Crippen molar-refractivity contribution < 1.29 is 32.4 Å². The van der Waals surface area contributed by atoms with Crippen molar-refractivity contribution in [3.8, 4) is 11.5 Å². The Morgan fingerprint density at radius 2 is 1.50 bits per heavy atom. The molecule has 0 aliphatic carbocycles. The smallest absolute Gasteiger partial charge is 0.422 e. The van der Waals surface area contributed by atoms with Crippen LogP contribution >= 0.6 is 0 Å². The molecule has 206 valence electrons. The van der Waals surface area contributed by atoms with Gasteiger partial charge in [-0.1, -0.05) is 30.3 Å². The number of ether oxygens (including phenoxy) is 1. The van der Waals surface area contributed by atoms with Crippen LogP contribution in [0, 0.1) is 10.1 Å². The largest absolute Gasteiger partial charge is 0.457 e. The molecule has 40 heavy (non-hydrogen) atoms. The molecular formula is C28H23F3N4O5. The number of hydrogen-bond donors (Lipinski definition) is 0. The first-order valence-electron chi connectivity index (χ1n) is 12.7. The van der Waals surface area contributed by atoms with Crippen LogP contribution in [0.25, 0.3) is 0 Å². The summed E-state index contributed by atoms with van der Waals surface area (Å²) in [7, 11) is 0. The van der Waals surface area contributed by atoms with Gasteiger partial charge in [-0.2, -0.15) is 13.2 Å². The Hall–Kier alpha value is -4.45. The number of carbonyl (C=O) groups is 2. The lowest BCUT2D eigenvalue weighted by molar-refractivity contribution is -0.384. The molecule has 0 N–H and O–H groups in total. The Labute approximate surface area is 226 Å². The SMILES string of the molecule is O=C1c2ccccc2C(=O)N1[C@@H]1CCN2CCN(c3c([N+](=O)[O-])ccc(Oc4ccccc4)c3C(F)(F)F)C[C@@H]12. The summed E-state index contributed by atoms with van der Waals surface area (Å²) >= 11 is 0. The van der Waals surface area contributed by atoms with Crippen molar-refractivity contribution in [3.05, 3.63) is 93.5 Å². The second-order valence-corrected chi connectivity index (χ2v) is 9.91. The number of nitrogens with zero attached hydrogens (tertiary/aromatic N) is 4. The predicted molar refractivity (Wildman–Crippen MR) is 138 cm³/mol. The van der Waals surface area contributed by atoms with Crippen LogP contribution in [0.15, 0.2) is 66.7 Å². The van der Waals surface area contributed by atoms with Gasteiger partial charge in [0.2, 0.25) is 0 Å². The number of halogens is 3. The Morgan fingerprint density at radius 3 is 2.12 bits per heavy atom. The van der Waals surface area contributed by atoms with Gasteiger partial charge in [-0.3, -0.25) is 29.5 Å². The van der Waals surface area contributed by atoms with E-state index in [0.29, 0.717) is 30.6 Å². The van der Waals surface area contributed by atoms with Crippen LogP contribution in [0.4, 0.5) is 24.5 Å². The first-order chi connectivity index (χ1) is 19.1. The maximum Gasteiger partial charge on any atom is 0.422 e. The number of alkyl halides is 3. The van der Waals surface area contributed by atoms with E-state index in [4.69, 9.17) is 4.74 Å². The van der Waals surface area contributed by atoms with Gasteiger partial charge in [0, 0.05) is 38.3 Å². The number of para-hydroxylation sites is 1. The van der Waals surface area contributed by atoms with Gasteiger partial charge in [-0.15, -0.1) is 0 Å². The number of nitro groups is 1. The average Bonchev–Trinajstić information content (AvgIpc) is 3.45. The van der Waals surface area contributed by atoms with Gasteiger partial charge in [0.1, 0.15) is 22.7 Å². The minimum Gasteiger partial charge on any atom is -0.457 e. The molecule has 2 saturated heterocycles. The standard InChI is InChI=1S/C28H23F3N4O5/c29-28(30,31)24-23(40-17-6-2-1-3-7-17)11-10-21(35(38)39)25(24)33-15-14-32-13-12-20(22(32)16-33)34-26(36)18-8-4-5-9-19(18)27(34)37/h1-11,20,22H,12-16H2/t20-,22+/m1/s1. The van der Waals surface area contributed by atoms with E-state index in [2.05, 4.69) is 0 Å². The zero-order chi connectivity index (χ0) is 28.2. The van der Waals surface area contributed by atoms with Crippen molar-refractivity contribution in [3.63, 3.8) is 0 Å². The van der Waals surface area contributed by atoms with Crippen molar-refractivity contribution in [1.29, 1.82) is 0 Å². The van der Waals surface area contributed by atoms with E-state index in [1.54, 1.807) is 42.5 Å². The summed E-state index contributed by atoms with van der Waals surface area (Å²) in [4.78, 5) is 42.1. The lowest BCUT2D eigenvalue weighted by Crippen LogP contribution is -2.57. The molecule has 0 saturated carbocycles. The number of fused-ring (bicyclic) bond motifs is 2. The first kappa shape index (κ1) is 25.8. The van der Waals surface area contributed by atoms with Crippen LogP contribution in [0.5, 0.6) is 11.5 Å². The van der Waals surface area contributed by atoms with E-state index in [1.807, 2.05) is 4.90 Å². The van der Waals surface area contributed by atoms with Crippen LogP contribution in [0.1, 0.15) is 32.7 Å². The van der Waals surface area contributed by atoms with Crippen LogP contribution in [0.2, 0.25) is 0 Å². The molecule has 0 radical (unpaired) electrons. The molecule has 9 nitrogen and oxygen atoms in total. The van der Waals surface area contributed by atoms with Crippen molar-refractivity contribution in [2.75, 3.05) is 31.1 Å². The topological polar surface area (TPSA) is 96.2 Å². The predicted octanol–water partition coefficient (Wildman–Crippen LogP) is 4.97. The number of benzene rings is 3. The minimum atomic E-state index is -4.97. The van der Waals surface area contributed by atoms with Crippen molar-refractivity contribution in [1.82, 2.24) is 9.80 Å². The number of hydrogen-bond acceptors (Lipinski definition) is 7. The van der Waals surface area contributed by atoms with Crippen LogP contribution in [-0.2, 0) is 6.18 Å². The quantitative estimate of drug-likeness (QED) is 0.251. The van der Waals surface area contributed by atoms with Gasteiger partial charge in [0.25, 0.3) is 17.5 Å².